The average molecular weight is 414 g/mol. The molecule has 0 unspecified atom stereocenters. The molecule has 0 aliphatic carbocycles. The lowest BCUT2D eigenvalue weighted by Gasteiger charge is -2.35. The van der Waals surface area contributed by atoms with Gasteiger partial charge < -0.3 is 14.6 Å². The monoisotopic (exact) mass is 413 g/mol. The van der Waals surface area contributed by atoms with Crippen LogP contribution >= 0.6 is 0 Å². The molecular weight excluding hydrogens is 382 g/mol. The second-order valence-corrected chi connectivity index (χ2v) is 8.82. The topological polar surface area (TPSA) is 91.6 Å². The third kappa shape index (κ3) is 6.38. The quantitative estimate of drug-likeness (QED) is 0.779. The van der Waals surface area contributed by atoms with Crippen molar-refractivity contribution < 1.29 is 14.0 Å². The van der Waals surface area contributed by atoms with E-state index in [9.17, 15) is 9.59 Å². The molecular formula is C22H31N5O3. The summed E-state index contributed by atoms with van der Waals surface area (Å²) in [6.45, 7) is 10.9. The van der Waals surface area contributed by atoms with Crippen molar-refractivity contribution in [2.75, 3.05) is 32.7 Å². The van der Waals surface area contributed by atoms with E-state index in [4.69, 9.17) is 4.42 Å². The molecule has 0 spiro atoms. The number of aromatic nitrogens is 2. The van der Waals surface area contributed by atoms with Crippen molar-refractivity contribution in [3.05, 3.63) is 35.7 Å². The molecule has 8 nitrogen and oxygen atoms in total. The van der Waals surface area contributed by atoms with E-state index in [2.05, 4.69) is 20.4 Å². The van der Waals surface area contributed by atoms with Crippen LogP contribution in [0.2, 0.25) is 0 Å². The minimum atomic E-state index is -0.233. The molecule has 1 aliphatic rings. The van der Waals surface area contributed by atoms with Gasteiger partial charge in [0, 0.05) is 50.1 Å². The summed E-state index contributed by atoms with van der Waals surface area (Å²) in [5, 5.41) is 11.1. The first-order valence-electron chi connectivity index (χ1n) is 10.4. The number of rotatable bonds is 6. The van der Waals surface area contributed by atoms with Gasteiger partial charge in [-0.15, -0.1) is 10.2 Å². The number of nitrogens with one attached hydrogen (secondary N) is 1. The molecule has 1 aromatic carbocycles. The number of aryl methyl sites for hydroxylation is 2. The van der Waals surface area contributed by atoms with Crippen LogP contribution < -0.4 is 5.32 Å². The van der Waals surface area contributed by atoms with Gasteiger partial charge in [-0.05, 0) is 39.8 Å². The number of hydrogen-bond acceptors (Lipinski definition) is 6. The fraction of sp³-hybridized carbons (Fsp3) is 0.545. The minimum Gasteiger partial charge on any atom is -0.421 e. The van der Waals surface area contributed by atoms with Crippen molar-refractivity contribution in [3.8, 4) is 11.5 Å². The predicted octanol–water partition coefficient (Wildman–Crippen LogP) is 2.04. The fourth-order valence-electron chi connectivity index (χ4n) is 3.36. The summed E-state index contributed by atoms with van der Waals surface area (Å²) in [5.74, 6) is 1.03. The first kappa shape index (κ1) is 22.0. The van der Waals surface area contributed by atoms with Gasteiger partial charge in [-0.1, -0.05) is 17.7 Å². The summed E-state index contributed by atoms with van der Waals surface area (Å²) in [5.41, 5.74) is 1.81. The molecule has 162 valence electrons. The molecule has 0 bridgehead atoms. The van der Waals surface area contributed by atoms with Crippen LogP contribution in [0.25, 0.3) is 11.5 Å². The Morgan fingerprint density at radius 2 is 1.73 bits per heavy atom. The lowest BCUT2D eigenvalue weighted by atomic mass is 10.1. The third-order valence-electron chi connectivity index (χ3n) is 4.92. The highest BCUT2D eigenvalue weighted by Crippen LogP contribution is 2.19. The van der Waals surface area contributed by atoms with Crippen molar-refractivity contribution in [1.29, 1.82) is 0 Å². The first-order chi connectivity index (χ1) is 14.2. The summed E-state index contributed by atoms with van der Waals surface area (Å²) < 4.78 is 5.70. The normalized spacial score (nSPS) is 15.3. The van der Waals surface area contributed by atoms with E-state index in [1.807, 2.05) is 56.9 Å². The number of hydrogen-bond donors (Lipinski definition) is 1. The predicted molar refractivity (Wildman–Crippen MR) is 114 cm³/mol. The lowest BCUT2D eigenvalue weighted by Crippen LogP contribution is -2.52. The van der Waals surface area contributed by atoms with Crippen LogP contribution in [0.1, 0.15) is 38.6 Å². The molecule has 1 N–H and O–H groups in total. The number of carbonyl (C=O) groups is 2. The van der Waals surface area contributed by atoms with Gasteiger partial charge in [0.05, 0.1) is 6.54 Å². The van der Waals surface area contributed by atoms with Gasteiger partial charge in [-0.2, -0.15) is 0 Å². The van der Waals surface area contributed by atoms with Crippen LogP contribution in [0.4, 0.5) is 0 Å². The molecule has 3 rings (SSSR count). The molecule has 30 heavy (non-hydrogen) atoms. The second-order valence-electron chi connectivity index (χ2n) is 8.82. The van der Waals surface area contributed by atoms with E-state index < -0.39 is 0 Å². The number of piperazine rings is 1. The summed E-state index contributed by atoms with van der Waals surface area (Å²) in [4.78, 5) is 28.5. The maximum absolute atomic E-state index is 12.5. The lowest BCUT2D eigenvalue weighted by molar-refractivity contribution is -0.133. The first-order valence-corrected chi connectivity index (χ1v) is 10.4. The molecule has 0 atom stereocenters. The van der Waals surface area contributed by atoms with Gasteiger partial charge in [0.1, 0.15) is 0 Å². The van der Waals surface area contributed by atoms with Crippen LogP contribution in [0.5, 0.6) is 0 Å². The molecule has 2 aromatic rings. The molecule has 0 saturated carbocycles. The largest absolute Gasteiger partial charge is 0.421 e. The number of carbonyl (C=O) groups excluding carboxylic acids is 2. The molecule has 1 aromatic heterocycles. The SMILES string of the molecule is Cc1ccc(-c2nnc(CCC(=O)N3CCN(CC(=O)NC(C)(C)C)CC3)o2)cc1. The van der Waals surface area contributed by atoms with Crippen molar-refractivity contribution in [2.24, 2.45) is 0 Å². The fourth-order valence-corrected chi connectivity index (χ4v) is 3.36. The zero-order valence-electron chi connectivity index (χ0n) is 18.3. The highest BCUT2D eigenvalue weighted by atomic mass is 16.4. The van der Waals surface area contributed by atoms with E-state index in [1.165, 1.54) is 5.56 Å². The number of benzene rings is 1. The van der Waals surface area contributed by atoms with Gasteiger partial charge in [0.2, 0.25) is 23.6 Å². The molecule has 1 saturated heterocycles. The summed E-state index contributed by atoms with van der Waals surface area (Å²) >= 11 is 0. The third-order valence-corrected chi connectivity index (χ3v) is 4.92. The van der Waals surface area contributed by atoms with E-state index in [0.29, 0.717) is 57.3 Å². The molecule has 1 fully saturated rings. The number of nitrogens with zero attached hydrogens (tertiary/aromatic N) is 4. The number of amides is 2. The van der Waals surface area contributed by atoms with Crippen LogP contribution in [-0.2, 0) is 16.0 Å². The Morgan fingerprint density at radius 3 is 2.37 bits per heavy atom. The molecule has 2 amide bonds. The van der Waals surface area contributed by atoms with Crippen LogP contribution in [0.3, 0.4) is 0 Å². The van der Waals surface area contributed by atoms with Crippen molar-refractivity contribution in [1.82, 2.24) is 25.3 Å². The maximum Gasteiger partial charge on any atom is 0.247 e. The van der Waals surface area contributed by atoms with E-state index in [0.717, 1.165) is 5.56 Å². The van der Waals surface area contributed by atoms with E-state index in [-0.39, 0.29) is 17.4 Å². The molecule has 0 radical (unpaired) electrons. The standard InChI is InChI=1S/C22H31N5O3/c1-16-5-7-17(8-6-16)21-25-24-19(30-21)9-10-20(29)27-13-11-26(12-14-27)15-18(28)23-22(2,3)4/h5-8H,9-15H2,1-4H3,(H,23,28). The zero-order valence-corrected chi connectivity index (χ0v) is 18.3. The Balaban J connectivity index is 1.42. The van der Waals surface area contributed by atoms with Gasteiger partial charge in [-0.3, -0.25) is 14.5 Å². The second kappa shape index (κ2) is 9.38. The summed E-state index contributed by atoms with van der Waals surface area (Å²) in [6, 6.07) is 7.88. The van der Waals surface area contributed by atoms with E-state index >= 15 is 0 Å². The van der Waals surface area contributed by atoms with E-state index in [1.54, 1.807) is 0 Å². The Labute approximate surface area is 177 Å². The molecule has 2 heterocycles. The van der Waals surface area contributed by atoms with Crippen molar-refractivity contribution in [2.45, 2.75) is 46.1 Å². The summed E-state index contributed by atoms with van der Waals surface area (Å²) in [6.07, 6.45) is 0.756. The average Bonchev–Trinajstić information content (AvgIpc) is 3.15. The molecule has 1 aliphatic heterocycles. The minimum absolute atomic E-state index is 0.0167. The van der Waals surface area contributed by atoms with Gasteiger partial charge in [0.15, 0.2) is 0 Å². The Morgan fingerprint density at radius 1 is 1.07 bits per heavy atom. The van der Waals surface area contributed by atoms with Crippen molar-refractivity contribution in [3.63, 3.8) is 0 Å². The van der Waals surface area contributed by atoms with Gasteiger partial charge in [-0.25, -0.2) is 0 Å². The van der Waals surface area contributed by atoms with Gasteiger partial charge >= 0.3 is 0 Å². The Kier molecular flexibility index (Phi) is 6.87. The van der Waals surface area contributed by atoms with Crippen molar-refractivity contribution >= 4 is 11.8 Å². The smallest absolute Gasteiger partial charge is 0.247 e. The highest BCUT2D eigenvalue weighted by molar-refractivity contribution is 5.79. The van der Waals surface area contributed by atoms with Crippen LogP contribution in [0, 0.1) is 6.92 Å². The highest BCUT2D eigenvalue weighted by Gasteiger charge is 2.24. The van der Waals surface area contributed by atoms with Crippen LogP contribution in [-0.4, -0.2) is 70.1 Å². The Bertz CT molecular complexity index is 862. The van der Waals surface area contributed by atoms with Gasteiger partial charge in [0.25, 0.3) is 0 Å². The van der Waals surface area contributed by atoms with Crippen LogP contribution in [0.15, 0.2) is 28.7 Å². The Hall–Kier alpha value is -2.74. The summed E-state index contributed by atoms with van der Waals surface area (Å²) in [7, 11) is 0. The molecule has 8 heteroatoms. The zero-order chi connectivity index (χ0) is 21.7. The maximum atomic E-state index is 12.5.